The SMILES string of the molecule is CCOc1ccc(NC(=S)N(C)Cc2nccn2C)cc1. The van der Waals surface area contributed by atoms with Gasteiger partial charge in [-0.3, -0.25) is 0 Å². The van der Waals surface area contributed by atoms with E-state index in [0.29, 0.717) is 18.3 Å². The summed E-state index contributed by atoms with van der Waals surface area (Å²) < 4.78 is 7.40. The third-order valence-corrected chi connectivity index (χ3v) is 3.48. The largest absolute Gasteiger partial charge is 0.494 e. The molecule has 0 aliphatic rings. The molecule has 0 amide bonds. The zero-order valence-electron chi connectivity index (χ0n) is 12.5. The normalized spacial score (nSPS) is 10.2. The molecule has 2 rings (SSSR count). The maximum absolute atomic E-state index is 5.41. The highest BCUT2D eigenvalue weighted by molar-refractivity contribution is 7.80. The molecule has 1 aromatic carbocycles. The van der Waals surface area contributed by atoms with Crippen LogP contribution in [0, 0.1) is 0 Å². The Hall–Kier alpha value is -2.08. The molecule has 0 saturated heterocycles. The van der Waals surface area contributed by atoms with Gasteiger partial charge >= 0.3 is 0 Å². The molecule has 0 fully saturated rings. The van der Waals surface area contributed by atoms with Crippen LogP contribution in [0.3, 0.4) is 0 Å². The fraction of sp³-hybridized carbons (Fsp3) is 0.333. The number of aromatic nitrogens is 2. The van der Waals surface area contributed by atoms with Crippen LogP contribution in [0.15, 0.2) is 36.7 Å². The summed E-state index contributed by atoms with van der Waals surface area (Å²) in [7, 11) is 3.91. The van der Waals surface area contributed by atoms with Gasteiger partial charge in [0, 0.05) is 32.2 Å². The van der Waals surface area contributed by atoms with Crippen molar-refractivity contribution in [3.05, 3.63) is 42.5 Å². The molecule has 5 nitrogen and oxygen atoms in total. The number of rotatable bonds is 5. The van der Waals surface area contributed by atoms with Crippen LogP contribution in [0.4, 0.5) is 5.69 Å². The van der Waals surface area contributed by atoms with Crippen LogP contribution in [0.25, 0.3) is 0 Å². The number of aryl methyl sites for hydroxylation is 1. The molecule has 112 valence electrons. The Balaban J connectivity index is 1.92. The third kappa shape index (κ3) is 4.19. The highest BCUT2D eigenvalue weighted by Crippen LogP contribution is 2.16. The second kappa shape index (κ2) is 7.08. The smallest absolute Gasteiger partial charge is 0.173 e. The van der Waals surface area contributed by atoms with Crippen molar-refractivity contribution in [2.75, 3.05) is 19.0 Å². The number of nitrogens with zero attached hydrogens (tertiary/aromatic N) is 3. The summed E-state index contributed by atoms with van der Waals surface area (Å²) in [5.74, 6) is 1.82. The van der Waals surface area contributed by atoms with Gasteiger partial charge in [-0.2, -0.15) is 0 Å². The first-order chi connectivity index (χ1) is 10.1. The van der Waals surface area contributed by atoms with Gasteiger partial charge in [-0.1, -0.05) is 0 Å². The first-order valence-electron chi connectivity index (χ1n) is 6.81. The molecule has 0 radical (unpaired) electrons. The molecule has 0 aliphatic heterocycles. The monoisotopic (exact) mass is 304 g/mol. The lowest BCUT2D eigenvalue weighted by Gasteiger charge is -2.20. The van der Waals surface area contributed by atoms with E-state index in [1.54, 1.807) is 6.20 Å². The first kappa shape index (κ1) is 15.3. The van der Waals surface area contributed by atoms with Gasteiger partial charge in [0.25, 0.3) is 0 Å². The van der Waals surface area contributed by atoms with Gasteiger partial charge in [0.1, 0.15) is 11.6 Å². The summed E-state index contributed by atoms with van der Waals surface area (Å²) in [6.07, 6.45) is 3.71. The first-order valence-corrected chi connectivity index (χ1v) is 7.22. The standard InChI is InChI=1S/C15H20N4OS/c1-4-20-13-7-5-12(6-8-13)17-15(21)19(3)11-14-16-9-10-18(14)2/h5-10H,4,11H2,1-3H3,(H,17,21). The number of anilines is 1. The molecule has 1 N–H and O–H groups in total. The second-order valence-corrected chi connectivity index (χ2v) is 5.08. The maximum atomic E-state index is 5.41. The molecular weight excluding hydrogens is 284 g/mol. The molecule has 2 aromatic rings. The van der Waals surface area contributed by atoms with E-state index in [0.717, 1.165) is 17.3 Å². The molecule has 21 heavy (non-hydrogen) atoms. The molecule has 6 heteroatoms. The van der Waals surface area contributed by atoms with E-state index in [9.17, 15) is 0 Å². The quantitative estimate of drug-likeness (QED) is 0.860. The average Bonchev–Trinajstić information content (AvgIpc) is 2.86. The Kier molecular flexibility index (Phi) is 5.16. The van der Waals surface area contributed by atoms with Crippen molar-refractivity contribution in [2.45, 2.75) is 13.5 Å². The van der Waals surface area contributed by atoms with Crippen molar-refractivity contribution < 1.29 is 4.74 Å². The van der Waals surface area contributed by atoms with E-state index >= 15 is 0 Å². The summed E-state index contributed by atoms with van der Waals surface area (Å²) in [5.41, 5.74) is 0.940. The number of thiocarbonyl (C=S) groups is 1. The molecule has 0 bridgehead atoms. The third-order valence-electron chi connectivity index (χ3n) is 3.06. The predicted octanol–water partition coefficient (Wildman–Crippen LogP) is 2.65. The maximum Gasteiger partial charge on any atom is 0.173 e. The van der Waals surface area contributed by atoms with Crippen LogP contribution in [0.2, 0.25) is 0 Å². The number of imidazole rings is 1. The summed E-state index contributed by atoms with van der Waals surface area (Å²) >= 11 is 5.41. The second-order valence-electron chi connectivity index (χ2n) is 4.70. The summed E-state index contributed by atoms with van der Waals surface area (Å²) in [5, 5.41) is 3.86. The Bertz CT molecular complexity index is 594. The van der Waals surface area contributed by atoms with Gasteiger partial charge in [0.2, 0.25) is 0 Å². The number of hydrogen-bond donors (Lipinski definition) is 1. The van der Waals surface area contributed by atoms with Crippen molar-refractivity contribution in [3.63, 3.8) is 0 Å². The molecular formula is C15H20N4OS. The summed E-state index contributed by atoms with van der Waals surface area (Å²) in [4.78, 5) is 6.25. The van der Waals surface area contributed by atoms with E-state index in [1.807, 2.05) is 60.9 Å². The molecule has 0 unspecified atom stereocenters. The minimum Gasteiger partial charge on any atom is -0.494 e. The van der Waals surface area contributed by atoms with E-state index in [1.165, 1.54) is 0 Å². The fourth-order valence-electron chi connectivity index (χ4n) is 1.85. The van der Waals surface area contributed by atoms with Crippen LogP contribution in [-0.2, 0) is 13.6 Å². The van der Waals surface area contributed by atoms with Crippen molar-refractivity contribution >= 4 is 23.0 Å². The fourth-order valence-corrected chi connectivity index (χ4v) is 2.04. The van der Waals surface area contributed by atoms with E-state index in [-0.39, 0.29) is 0 Å². The van der Waals surface area contributed by atoms with E-state index in [4.69, 9.17) is 17.0 Å². The van der Waals surface area contributed by atoms with Crippen molar-refractivity contribution in [1.82, 2.24) is 14.5 Å². The molecule has 1 aromatic heterocycles. The van der Waals surface area contributed by atoms with Crippen LogP contribution < -0.4 is 10.1 Å². The zero-order chi connectivity index (χ0) is 15.2. The number of benzene rings is 1. The number of ether oxygens (including phenoxy) is 1. The highest BCUT2D eigenvalue weighted by Gasteiger charge is 2.08. The molecule has 1 heterocycles. The van der Waals surface area contributed by atoms with Gasteiger partial charge < -0.3 is 19.5 Å². The number of hydrogen-bond acceptors (Lipinski definition) is 3. The summed E-state index contributed by atoms with van der Waals surface area (Å²) in [6, 6.07) is 7.75. The molecule has 0 aliphatic carbocycles. The predicted molar refractivity (Wildman–Crippen MR) is 88.5 cm³/mol. The van der Waals surface area contributed by atoms with Crippen LogP contribution in [0.1, 0.15) is 12.7 Å². The Morgan fingerprint density at radius 2 is 2.10 bits per heavy atom. The average molecular weight is 304 g/mol. The van der Waals surface area contributed by atoms with Gasteiger partial charge in [-0.05, 0) is 43.4 Å². The van der Waals surface area contributed by atoms with Crippen molar-refractivity contribution in [2.24, 2.45) is 7.05 Å². The van der Waals surface area contributed by atoms with Gasteiger partial charge in [0.05, 0.1) is 13.2 Å². The lowest BCUT2D eigenvalue weighted by molar-refractivity contribution is 0.340. The number of nitrogens with one attached hydrogen (secondary N) is 1. The Labute approximate surface area is 130 Å². The topological polar surface area (TPSA) is 42.3 Å². The van der Waals surface area contributed by atoms with Gasteiger partial charge in [0.15, 0.2) is 5.11 Å². The van der Waals surface area contributed by atoms with Crippen molar-refractivity contribution in [3.8, 4) is 5.75 Å². The van der Waals surface area contributed by atoms with Crippen molar-refractivity contribution in [1.29, 1.82) is 0 Å². The van der Waals surface area contributed by atoms with Crippen LogP contribution in [-0.4, -0.2) is 33.2 Å². The van der Waals surface area contributed by atoms with E-state index < -0.39 is 0 Å². The highest BCUT2D eigenvalue weighted by atomic mass is 32.1. The van der Waals surface area contributed by atoms with E-state index in [2.05, 4.69) is 10.3 Å². The zero-order valence-corrected chi connectivity index (χ0v) is 13.4. The molecule has 0 atom stereocenters. The lowest BCUT2D eigenvalue weighted by atomic mass is 10.3. The Morgan fingerprint density at radius 3 is 2.67 bits per heavy atom. The van der Waals surface area contributed by atoms with Crippen LogP contribution >= 0.6 is 12.2 Å². The van der Waals surface area contributed by atoms with Gasteiger partial charge in [-0.15, -0.1) is 0 Å². The summed E-state index contributed by atoms with van der Waals surface area (Å²) in [6.45, 7) is 3.29. The van der Waals surface area contributed by atoms with Gasteiger partial charge in [-0.25, -0.2) is 4.98 Å². The lowest BCUT2D eigenvalue weighted by Crippen LogP contribution is -2.31. The Morgan fingerprint density at radius 1 is 1.38 bits per heavy atom. The minimum atomic E-state index is 0.655. The minimum absolute atomic E-state index is 0.655. The van der Waals surface area contributed by atoms with Crippen LogP contribution in [0.5, 0.6) is 5.75 Å². The molecule has 0 saturated carbocycles. The molecule has 0 spiro atoms.